The van der Waals surface area contributed by atoms with E-state index in [9.17, 15) is 14.7 Å². The molecular formula is C18H16N4O4. The van der Waals surface area contributed by atoms with Crippen LogP contribution in [0.2, 0.25) is 0 Å². The molecule has 0 aliphatic carbocycles. The van der Waals surface area contributed by atoms with Crippen LogP contribution in [-0.2, 0) is 4.79 Å². The van der Waals surface area contributed by atoms with Gasteiger partial charge in [-0.2, -0.15) is 5.10 Å². The number of aromatic nitrogens is 2. The number of amides is 1. The minimum absolute atomic E-state index is 0.143. The van der Waals surface area contributed by atoms with E-state index in [1.54, 1.807) is 43.3 Å². The predicted molar refractivity (Wildman–Crippen MR) is 96.0 cm³/mol. The Balaban J connectivity index is 1.63. The number of nitrogens with zero attached hydrogens (tertiary/aromatic N) is 3. The lowest BCUT2D eigenvalue weighted by Gasteiger charge is -2.11. The average molecular weight is 352 g/mol. The number of carbonyl (C=O) groups is 1. The van der Waals surface area contributed by atoms with Crippen LogP contribution in [0.15, 0.2) is 58.4 Å². The van der Waals surface area contributed by atoms with Crippen molar-refractivity contribution in [2.45, 2.75) is 6.92 Å². The average Bonchev–Trinajstić information content (AvgIpc) is 2.63. The third-order valence-corrected chi connectivity index (χ3v) is 3.52. The lowest BCUT2D eigenvalue weighted by Crippen LogP contribution is -2.35. The first-order chi connectivity index (χ1) is 12.5. The Morgan fingerprint density at radius 1 is 1.27 bits per heavy atom. The normalized spacial score (nSPS) is 11.0. The molecule has 0 bridgehead atoms. The molecule has 1 aromatic heterocycles. The number of aromatic hydroxyl groups is 1. The molecule has 132 valence electrons. The number of para-hydroxylation sites is 1. The molecule has 3 aromatic rings. The summed E-state index contributed by atoms with van der Waals surface area (Å²) >= 11 is 0. The Hall–Kier alpha value is -3.68. The van der Waals surface area contributed by atoms with Gasteiger partial charge in [0.1, 0.15) is 11.6 Å². The van der Waals surface area contributed by atoms with Gasteiger partial charge in [0.05, 0.1) is 17.1 Å². The van der Waals surface area contributed by atoms with Gasteiger partial charge in [-0.3, -0.25) is 9.59 Å². The standard InChI is InChI=1S/C18H16N4O4/c1-12-20-16-5-3-2-4-15(16)18(25)22(12)26-11-17(24)21-19-10-13-6-8-14(23)9-7-13/h2-10,23H,11H2,1H3,(H,21,24)/b19-10-. The van der Waals surface area contributed by atoms with Gasteiger partial charge in [0, 0.05) is 0 Å². The lowest BCUT2D eigenvalue weighted by atomic mass is 10.2. The number of hydrogen-bond donors (Lipinski definition) is 2. The van der Waals surface area contributed by atoms with Gasteiger partial charge in [0.15, 0.2) is 6.61 Å². The highest BCUT2D eigenvalue weighted by molar-refractivity contribution is 5.83. The maximum Gasteiger partial charge on any atom is 0.294 e. The Morgan fingerprint density at radius 3 is 2.77 bits per heavy atom. The summed E-state index contributed by atoms with van der Waals surface area (Å²) in [7, 11) is 0. The van der Waals surface area contributed by atoms with Crippen molar-refractivity contribution in [3.05, 3.63) is 70.3 Å². The zero-order chi connectivity index (χ0) is 18.5. The number of rotatable bonds is 5. The Kier molecular flexibility index (Phi) is 4.93. The molecule has 2 aromatic carbocycles. The number of phenols is 1. The zero-order valence-corrected chi connectivity index (χ0v) is 13.9. The Bertz CT molecular complexity index is 1030. The minimum atomic E-state index is -0.528. The summed E-state index contributed by atoms with van der Waals surface area (Å²) in [5.74, 6) is -0.0435. The SMILES string of the molecule is Cc1nc2ccccc2c(=O)n1OCC(=O)N/N=C\c1ccc(O)cc1. The molecule has 0 saturated heterocycles. The van der Waals surface area contributed by atoms with Crippen molar-refractivity contribution in [1.29, 1.82) is 0 Å². The van der Waals surface area contributed by atoms with Crippen LogP contribution in [0.4, 0.5) is 0 Å². The fourth-order valence-electron chi connectivity index (χ4n) is 2.27. The van der Waals surface area contributed by atoms with E-state index in [0.717, 1.165) is 4.73 Å². The second kappa shape index (κ2) is 7.47. The molecule has 0 unspecified atom stereocenters. The fourth-order valence-corrected chi connectivity index (χ4v) is 2.27. The quantitative estimate of drug-likeness (QED) is 0.526. The number of nitrogens with one attached hydrogen (secondary N) is 1. The summed E-state index contributed by atoms with van der Waals surface area (Å²) in [6.07, 6.45) is 1.42. The van der Waals surface area contributed by atoms with Gasteiger partial charge in [0.2, 0.25) is 0 Å². The van der Waals surface area contributed by atoms with Crippen LogP contribution in [0, 0.1) is 6.92 Å². The topological polar surface area (TPSA) is 106 Å². The number of phenolic OH excluding ortho intramolecular Hbond substituents is 1. The monoisotopic (exact) mass is 352 g/mol. The highest BCUT2D eigenvalue weighted by Gasteiger charge is 2.10. The van der Waals surface area contributed by atoms with Gasteiger partial charge >= 0.3 is 0 Å². The van der Waals surface area contributed by atoms with Crippen LogP contribution in [0.25, 0.3) is 10.9 Å². The first kappa shape index (κ1) is 17.2. The van der Waals surface area contributed by atoms with Gasteiger partial charge in [-0.05, 0) is 48.9 Å². The van der Waals surface area contributed by atoms with E-state index in [1.807, 2.05) is 0 Å². The molecular weight excluding hydrogens is 336 g/mol. The molecule has 1 heterocycles. The number of hydrogen-bond acceptors (Lipinski definition) is 6. The lowest BCUT2D eigenvalue weighted by molar-refractivity contribution is -0.126. The van der Waals surface area contributed by atoms with Crippen LogP contribution in [0.1, 0.15) is 11.4 Å². The highest BCUT2D eigenvalue weighted by atomic mass is 16.7. The highest BCUT2D eigenvalue weighted by Crippen LogP contribution is 2.08. The number of carbonyl (C=O) groups excluding carboxylic acids is 1. The zero-order valence-electron chi connectivity index (χ0n) is 13.9. The van der Waals surface area contributed by atoms with Crippen molar-refractivity contribution >= 4 is 23.0 Å². The number of aryl methyl sites for hydroxylation is 1. The fraction of sp³-hybridized carbons (Fsp3) is 0.111. The van der Waals surface area contributed by atoms with Gasteiger partial charge < -0.3 is 9.94 Å². The maximum atomic E-state index is 12.4. The number of fused-ring (bicyclic) bond motifs is 1. The molecule has 0 atom stereocenters. The van der Waals surface area contributed by atoms with E-state index in [0.29, 0.717) is 22.3 Å². The van der Waals surface area contributed by atoms with Crippen LogP contribution in [0.3, 0.4) is 0 Å². The van der Waals surface area contributed by atoms with Gasteiger partial charge in [-0.1, -0.05) is 12.1 Å². The van der Waals surface area contributed by atoms with E-state index >= 15 is 0 Å². The van der Waals surface area contributed by atoms with Crippen molar-refractivity contribution in [3.8, 4) is 5.75 Å². The summed E-state index contributed by atoms with van der Waals surface area (Å²) in [4.78, 5) is 33.8. The summed E-state index contributed by atoms with van der Waals surface area (Å²) in [5.41, 5.74) is 3.19. The third kappa shape index (κ3) is 3.86. The first-order valence-electron chi connectivity index (χ1n) is 7.77. The van der Waals surface area contributed by atoms with E-state index < -0.39 is 12.5 Å². The van der Waals surface area contributed by atoms with Crippen LogP contribution >= 0.6 is 0 Å². The Labute approximate surface area is 148 Å². The molecule has 0 fully saturated rings. The second-order valence-corrected chi connectivity index (χ2v) is 5.43. The van der Waals surface area contributed by atoms with E-state index in [1.165, 1.54) is 18.3 Å². The second-order valence-electron chi connectivity index (χ2n) is 5.43. The van der Waals surface area contributed by atoms with E-state index in [-0.39, 0.29) is 11.3 Å². The summed E-state index contributed by atoms with van der Waals surface area (Å²) < 4.78 is 0.992. The number of benzene rings is 2. The minimum Gasteiger partial charge on any atom is -0.508 e. The third-order valence-electron chi connectivity index (χ3n) is 3.52. The smallest absolute Gasteiger partial charge is 0.294 e. The largest absolute Gasteiger partial charge is 0.508 e. The van der Waals surface area contributed by atoms with Crippen LogP contribution in [0.5, 0.6) is 5.75 Å². The summed E-state index contributed by atoms with van der Waals surface area (Å²) in [6.45, 7) is 1.22. The van der Waals surface area contributed by atoms with Crippen molar-refractivity contribution < 1.29 is 14.7 Å². The molecule has 0 radical (unpaired) electrons. The molecule has 0 aliphatic rings. The molecule has 0 aliphatic heterocycles. The van der Waals surface area contributed by atoms with Crippen molar-refractivity contribution in [2.75, 3.05) is 6.61 Å². The Morgan fingerprint density at radius 2 is 2.00 bits per heavy atom. The van der Waals surface area contributed by atoms with Gasteiger partial charge in [-0.25, -0.2) is 10.4 Å². The molecule has 3 rings (SSSR count). The molecule has 1 amide bonds. The first-order valence-corrected chi connectivity index (χ1v) is 7.77. The van der Waals surface area contributed by atoms with Crippen LogP contribution < -0.4 is 15.8 Å². The van der Waals surface area contributed by atoms with Crippen molar-refractivity contribution in [1.82, 2.24) is 15.1 Å². The molecule has 0 spiro atoms. The van der Waals surface area contributed by atoms with Crippen molar-refractivity contribution in [2.24, 2.45) is 5.10 Å². The molecule has 2 N–H and O–H groups in total. The van der Waals surface area contributed by atoms with Gasteiger partial charge in [-0.15, -0.1) is 4.73 Å². The van der Waals surface area contributed by atoms with Crippen molar-refractivity contribution in [3.63, 3.8) is 0 Å². The maximum absolute atomic E-state index is 12.4. The summed E-state index contributed by atoms with van der Waals surface area (Å²) in [6, 6.07) is 13.2. The number of hydrazone groups is 1. The summed E-state index contributed by atoms with van der Waals surface area (Å²) in [5, 5.41) is 13.4. The van der Waals surface area contributed by atoms with E-state index in [4.69, 9.17) is 4.84 Å². The van der Waals surface area contributed by atoms with Gasteiger partial charge in [0.25, 0.3) is 11.5 Å². The molecule has 8 nitrogen and oxygen atoms in total. The predicted octanol–water partition coefficient (Wildman–Crippen LogP) is 0.989. The molecule has 8 heteroatoms. The molecule has 0 saturated carbocycles. The van der Waals surface area contributed by atoms with E-state index in [2.05, 4.69) is 15.5 Å². The molecule has 26 heavy (non-hydrogen) atoms. The van der Waals surface area contributed by atoms with Crippen LogP contribution in [-0.4, -0.2) is 33.5 Å².